The number of ether oxygens (including phenoxy) is 1. The van der Waals surface area contributed by atoms with Crippen LogP contribution in [0.4, 0.5) is 10.5 Å². The molecule has 1 rings (SSSR count). The fourth-order valence-corrected chi connectivity index (χ4v) is 1.50. The van der Waals surface area contributed by atoms with E-state index in [-0.39, 0.29) is 5.56 Å². The number of aromatic carboxylic acids is 1. The molecule has 1 aromatic carbocycles. The standard InChI is InChI=1S/C14H20N2O4/c1-14(2,3)20-13(19)16-9-8-15-11-7-5-4-6-10(11)12(17)18/h4-7,15H,8-9H2,1-3H3,(H,16,19)(H,17,18). The molecule has 110 valence electrons. The van der Waals surface area contributed by atoms with Gasteiger partial charge in [0, 0.05) is 18.8 Å². The minimum absolute atomic E-state index is 0.199. The number of benzene rings is 1. The summed E-state index contributed by atoms with van der Waals surface area (Å²) < 4.78 is 5.08. The highest BCUT2D eigenvalue weighted by Crippen LogP contribution is 2.14. The van der Waals surface area contributed by atoms with Crippen molar-refractivity contribution in [1.82, 2.24) is 5.32 Å². The Bertz CT molecular complexity index is 480. The van der Waals surface area contributed by atoms with Crippen molar-refractivity contribution in [2.75, 3.05) is 18.4 Å². The summed E-state index contributed by atoms with van der Waals surface area (Å²) in [7, 11) is 0. The van der Waals surface area contributed by atoms with Gasteiger partial charge >= 0.3 is 12.1 Å². The molecule has 0 aliphatic heterocycles. The van der Waals surface area contributed by atoms with Gasteiger partial charge in [-0.15, -0.1) is 0 Å². The van der Waals surface area contributed by atoms with Gasteiger partial charge in [0.05, 0.1) is 5.56 Å². The van der Waals surface area contributed by atoms with Gasteiger partial charge in [-0.2, -0.15) is 0 Å². The summed E-state index contributed by atoms with van der Waals surface area (Å²) in [6.45, 7) is 6.10. The fraction of sp³-hybridized carbons (Fsp3) is 0.429. The SMILES string of the molecule is CC(C)(C)OC(=O)NCCNc1ccccc1C(=O)O. The van der Waals surface area contributed by atoms with E-state index in [0.717, 1.165) is 0 Å². The van der Waals surface area contributed by atoms with Gasteiger partial charge in [-0.05, 0) is 32.9 Å². The molecule has 0 atom stereocenters. The van der Waals surface area contributed by atoms with Crippen molar-refractivity contribution in [2.24, 2.45) is 0 Å². The maximum Gasteiger partial charge on any atom is 0.407 e. The molecule has 20 heavy (non-hydrogen) atoms. The summed E-state index contributed by atoms with van der Waals surface area (Å²) in [6, 6.07) is 6.60. The van der Waals surface area contributed by atoms with E-state index < -0.39 is 17.7 Å². The summed E-state index contributed by atoms with van der Waals surface area (Å²) in [5, 5.41) is 14.6. The van der Waals surface area contributed by atoms with Crippen molar-refractivity contribution in [3.63, 3.8) is 0 Å². The number of rotatable bonds is 5. The number of carbonyl (C=O) groups excluding carboxylic acids is 1. The normalized spacial score (nSPS) is 10.8. The van der Waals surface area contributed by atoms with Crippen molar-refractivity contribution < 1.29 is 19.4 Å². The maximum atomic E-state index is 11.4. The molecule has 1 amide bonds. The van der Waals surface area contributed by atoms with Crippen LogP contribution in [-0.4, -0.2) is 35.9 Å². The fourth-order valence-electron chi connectivity index (χ4n) is 1.50. The number of amides is 1. The Labute approximate surface area is 118 Å². The lowest BCUT2D eigenvalue weighted by Crippen LogP contribution is -2.35. The molecule has 3 N–H and O–H groups in total. The zero-order valence-corrected chi connectivity index (χ0v) is 11.9. The van der Waals surface area contributed by atoms with Crippen LogP contribution < -0.4 is 10.6 Å². The molecule has 6 heteroatoms. The molecular weight excluding hydrogens is 260 g/mol. The van der Waals surface area contributed by atoms with Crippen LogP contribution in [0.15, 0.2) is 24.3 Å². The molecule has 0 aliphatic rings. The summed E-state index contributed by atoms with van der Waals surface area (Å²) in [4.78, 5) is 22.4. The van der Waals surface area contributed by atoms with Gasteiger partial charge in [-0.25, -0.2) is 9.59 Å². The van der Waals surface area contributed by atoms with E-state index in [9.17, 15) is 9.59 Å². The number of para-hydroxylation sites is 1. The van der Waals surface area contributed by atoms with Gasteiger partial charge in [0.15, 0.2) is 0 Å². The third-order valence-electron chi connectivity index (χ3n) is 2.27. The molecule has 0 unspecified atom stereocenters. The molecule has 0 aliphatic carbocycles. The van der Waals surface area contributed by atoms with Crippen LogP contribution in [0.2, 0.25) is 0 Å². The van der Waals surface area contributed by atoms with Gasteiger partial charge in [0.25, 0.3) is 0 Å². The van der Waals surface area contributed by atoms with Gasteiger partial charge in [0.2, 0.25) is 0 Å². The van der Waals surface area contributed by atoms with Gasteiger partial charge in [-0.3, -0.25) is 0 Å². The van der Waals surface area contributed by atoms with Crippen molar-refractivity contribution >= 4 is 17.7 Å². The first-order valence-corrected chi connectivity index (χ1v) is 6.32. The van der Waals surface area contributed by atoms with Crippen LogP contribution in [0, 0.1) is 0 Å². The maximum absolute atomic E-state index is 11.4. The second kappa shape index (κ2) is 6.79. The lowest BCUT2D eigenvalue weighted by molar-refractivity contribution is 0.0529. The summed E-state index contributed by atoms with van der Waals surface area (Å²) >= 11 is 0. The average molecular weight is 280 g/mol. The number of hydrogen-bond donors (Lipinski definition) is 3. The number of carboxylic acid groups (broad SMARTS) is 1. The van der Waals surface area contributed by atoms with Crippen molar-refractivity contribution in [1.29, 1.82) is 0 Å². The van der Waals surface area contributed by atoms with Crippen molar-refractivity contribution in [3.05, 3.63) is 29.8 Å². The summed E-state index contributed by atoms with van der Waals surface area (Å²) in [5.74, 6) is -0.992. The molecule has 0 saturated heterocycles. The van der Waals surface area contributed by atoms with Crippen LogP contribution >= 0.6 is 0 Å². The van der Waals surface area contributed by atoms with Crippen LogP contribution in [0.1, 0.15) is 31.1 Å². The van der Waals surface area contributed by atoms with E-state index in [1.807, 2.05) is 0 Å². The highest BCUT2D eigenvalue weighted by Gasteiger charge is 2.15. The smallest absolute Gasteiger partial charge is 0.407 e. The second-order valence-corrected chi connectivity index (χ2v) is 5.21. The monoisotopic (exact) mass is 280 g/mol. The van der Waals surface area contributed by atoms with E-state index in [2.05, 4.69) is 10.6 Å². The van der Waals surface area contributed by atoms with Gasteiger partial charge < -0.3 is 20.5 Å². The highest BCUT2D eigenvalue weighted by atomic mass is 16.6. The molecule has 0 saturated carbocycles. The Morgan fingerprint density at radius 3 is 2.45 bits per heavy atom. The molecule has 0 fully saturated rings. The zero-order valence-electron chi connectivity index (χ0n) is 11.9. The molecule has 1 aromatic rings. The first-order valence-electron chi connectivity index (χ1n) is 6.32. The molecule has 0 radical (unpaired) electrons. The Hall–Kier alpha value is -2.24. The highest BCUT2D eigenvalue weighted by molar-refractivity contribution is 5.94. The summed E-state index contributed by atoms with van der Waals surface area (Å²) in [5.41, 5.74) is 0.184. The minimum Gasteiger partial charge on any atom is -0.478 e. The Morgan fingerprint density at radius 2 is 1.85 bits per heavy atom. The molecule has 0 aromatic heterocycles. The zero-order chi connectivity index (χ0) is 15.2. The number of hydrogen-bond acceptors (Lipinski definition) is 4. The van der Waals surface area contributed by atoms with Crippen molar-refractivity contribution in [3.8, 4) is 0 Å². The average Bonchev–Trinajstić information content (AvgIpc) is 2.33. The second-order valence-electron chi connectivity index (χ2n) is 5.21. The number of alkyl carbamates (subject to hydrolysis) is 1. The van der Waals surface area contributed by atoms with Crippen molar-refractivity contribution in [2.45, 2.75) is 26.4 Å². The first-order chi connectivity index (χ1) is 9.29. The molecule has 0 bridgehead atoms. The van der Waals surface area contributed by atoms with E-state index >= 15 is 0 Å². The topological polar surface area (TPSA) is 87.7 Å². The largest absolute Gasteiger partial charge is 0.478 e. The predicted octanol–water partition coefficient (Wildman–Crippen LogP) is 2.32. The van der Waals surface area contributed by atoms with E-state index in [0.29, 0.717) is 18.8 Å². The molecular formula is C14H20N2O4. The third kappa shape index (κ3) is 5.60. The Balaban J connectivity index is 2.39. The van der Waals surface area contributed by atoms with Crippen LogP contribution in [0.5, 0.6) is 0 Å². The molecule has 0 spiro atoms. The first kappa shape index (κ1) is 15.8. The lowest BCUT2D eigenvalue weighted by atomic mass is 10.2. The quantitative estimate of drug-likeness (QED) is 0.720. The van der Waals surface area contributed by atoms with Crippen LogP contribution in [0.3, 0.4) is 0 Å². The van der Waals surface area contributed by atoms with Crippen LogP contribution in [0.25, 0.3) is 0 Å². The minimum atomic E-state index is -0.992. The predicted molar refractivity (Wildman–Crippen MR) is 76.1 cm³/mol. The number of anilines is 1. The van der Waals surface area contributed by atoms with Gasteiger partial charge in [0.1, 0.15) is 5.60 Å². The Morgan fingerprint density at radius 1 is 1.20 bits per heavy atom. The van der Waals surface area contributed by atoms with E-state index in [1.165, 1.54) is 6.07 Å². The number of carboxylic acids is 1. The summed E-state index contributed by atoms with van der Waals surface area (Å²) in [6.07, 6.45) is -0.495. The van der Waals surface area contributed by atoms with E-state index in [4.69, 9.17) is 9.84 Å². The molecule has 6 nitrogen and oxygen atoms in total. The Kier molecular flexibility index (Phi) is 5.37. The molecule has 0 heterocycles. The van der Waals surface area contributed by atoms with Crippen LogP contribution in [-0.2, 0) is 4.74 Å². The van der Waals surface area contributed by atoms with Gasteiger partial charge in [-0.1, -0.05) is 12.1 Å². The number of carbonyl (C=O) groups is 2. The lowest BCUT2D eigenvalue weighted by Gasteiger charge is -2.19. The van der Waals surface area contributed by atoms with E-state index in [1.54, 1.807) is 39.0 Å². The third-order valence-corrected chi connectivity index (χ3v) is 2.27. The number of nitrogens with one attached hydrogen (secondary N) is 2.